The van der Waals surface area contributed by atoms with Crippen LogP contribution in [0.5, 0.6) is 0 Å². The zero-order valence-electron chi connectivity index (χ0n) is 15.6. The molecule has 0 radical (unpaired) electrons. The van der Waals surface area contributed by atoms with E-state index in [4.69, 9.17) is 11.5 Å². The first-order chi connectivity index (χ1) is 12.2. The Hall–Kier alpha value is -2.39. The monoisotopic (exact) mass is 363 g/mol. The van der Waals surface area contributed by atoms with E-state index < -0.39 is 6.10 Å². The fraction of sp³-hybridized carbons (Fsp3) is 0.588. The molecule has 0 aromatic carbocycles. The van der Waals surface area contributed by atoms with Crippen molar-refractivity contribution in [3.05, 3.63) is 28.4 Å². The molecule has 2 rings (SSSR count). The van der Waals surface area contributed by atoms with Gasteiger partial charge in [-0.2, -0.15) is 4.98 Å². The van der Waals surface area contributed by atoms with E-state index in [9.17, 15) is 9.90 Å². The van der Waals surface area contributed by atoms with Gasteiger partial charge < -0.3 is 26.9 Å². The van der Waals surface area contributed by atoms with Crippen LogP contribution >= 0.6 is 0 Å². The summed E-state index contributed by atoms with van der Waals surface area (Å²) in [5.41, 5.74) is 11.6. The van der Waals surface area contributed by atoms with E-state index in [0.717, 1.165) is 17.5 Å². The van der Waals surface area contributed by atoms with Gasteiger partial charge in [0, 0.05) is 35.8 Å². The highest BCUT2D eigenvalue weighted by Crippen LogP contribution is 2.24. The lowest BCUT2D eigenvalue weighted by Gasteiger charge is -2.15. The first-order valence-electron chi connectivity index (χ1n) is 8.71. The molecule has 7 N–H and O–H groups in total. The second kappa shape index (κ2) is 8.33. The molecule has 0 aliphatic heterocycles. The van der Waals surface area contributed by atoms with Crippen LogP contribution < -0.4 is 22.5 Å². The molecule has 0 aliphatic rings. The minimum atomic E-state index is -0.698. The summed E-state index contributed by atoms with van der Waals surface area (Å²) in [6.07, 6.45) is 1.80. The van der Waals surface area contributed by atoms with Crippen molar-refractivity contribution in [3.8, 4) is 0 Å². The number of aromatic nitrogens is 3. The summed E-state index contributed by atoms with van der Waals surface area (Å²) < 4.78 is 1.44. The van der Waals surface area contributed by atoms with Crippen molar-refractivity contribution >= 4 is 17.0 Å². The van der Waals surface area contributed by atoms with Gasteiger partial charge in [-0.1, -0.05) is 20.8 Å². The highest BCUT2D eigenvalue weighted by molar-refractivity contribution is 5.76. The lowest BCUT2D eigenvalue weighted by molar-refractivity contribution is 0.150. The van der Waals surface area contributed by atoms with Gasteiger partial charge in [0.15, 0.2) is 5.96 Å². The summed E-state index contributed by atoms with van der Waals surface area (Å²) in [5, 5.41) is 14.1. The fourth-order valence-corrected chi connectivity index (χ4v) is 2.54. The number of hydrogen-bond donors (Lipinski definition) is 5. The van der Waals surface area contributed by atoms with Crippen molar-refractivity contribution in [2.75, 3.05) is 19.6 Å². The van der Waals surface area contributed by atoms with Crippen LogP contribution in [0, 0.1) is 0 Å². The third kappa shape index (κ3) is 5.57. The van der Waals surface area contributed by atoms with E-state index in [1.54, 1.807) is 6.20 Å². The van der Waals surface area contributed by atoms with Crippen LogP contribution in [0.4, 0.5) is 0 Å². The van der Waals surface area contributed by atoms with E-state index in [2.05, 4.69) is 41.0 Å². The molecule has 0 bridgehead atoms. The van der Waals surface area contributed by atoms with Crippen LogP contribution in [-0.4, -0.2) is 51.3 Å². The Labute approximate surface area is 152 Å². The third-order valence-electron chi connectivity index (χ3n) is 3.98. The molecule has 0 saturated heterocycles. The number of fused-ring (bicyclic) bond motifs is 1. The number of nitrogens with zero attached hydrogens (tertiary/aromatic N) is 3. The molecule has 0 aliphatic carbocycles. The smallest absolute Gasteiger partial charge is 0.349 e. The Kier molecular flexibility index (Phi) is 6.38. The number of aliphatic hydroxyl groups is 1. The van der Waals surface area contributed by atoms with Crippen molar-refractivity contribution in [2.24, 2.45) is 16.5 Å². The maximum atomic E-state index is 12.2. The first kappa shape index (κ1) is 19.9. The Balaban J connectivity index is 1.94. The zero-order chi connectivity index (χ0) is 19.3. The van der Waals surface area contributed by atoms with Gasteiger partial charge in [-0.3, -0.25) is 9.56 Å². The number of hydrogen-bond acceptors (Lipinski definition) is 5. The average molecular weight is 363 g/mol. The van der Waals surface area contributed by atoms with Gasteiger partial charge in [-0.25, -0.2) is 4.79 Å². The van der Waals surface area contributed by atoms with Crippen LogP contribution in [0.1, 0.15) is 32.9 Å². The largest absolute Gasteiger partial charge is 0.390 e. The topological polar surface area (TPSA) is 147 Å². The number of rotatable bonds is 8. The van der Waals surface area contributed by atoms with Crippen molar-refractivity contribution < 1.29 is 5.11 Å². The van der Waals surface area contributed by atoms with Gasteiger partial charge in [0.25, 0.3) is 0 Å². The Bertz CT molecular complexity index is 813. The number of aliphatic imine (C=N–C) groups is 1. The lowest BCUT2D eigenvalue weighted by Crippen LogP contribution is -2.35. The average Bonchev–Trinajstić information content (AvgIpc) is 2.93. The SMILES string of the molecule is CC(C)(C)c1cc2cn(CC(O)CNCCCN=C(N)N)c(=O)nc2[nH]1. The lowest BCUT2D eigenvalue weighted by atomic mass is 9.92. The van der Waals surface area contributed by atoms with Gasteiger partial charge in [0.05, 0.1) is 12.6 Å². The molecule has 9 nitrogen and oxygen atoms in total. The maximum Gasteiger partial charge on any atom is 0.349 e. The fourth-order valence-electron chi connectivity index (χ4n) is 2.54. The molecule has 1 unspecified atom stereocenters. The summed E-state index contributed by atoms with van der Waals surface area (Å²) in [7, 11) is 0. The quantitative estimate of drug-likeness (QED) is 0.246. The first-order valence-corrected chi connectivity index (χ1v) is 8.71. The zero-order valence-corrected chi connectivity index (χ0v) is 15.6. The van der Waals surface area contributed by atoms with E-state index in [1.165, 1.54) is 4.57 Å². The van der Waals surface area contributed by atoms with E-state index in [-0.39, 0.29) is 23.6 Å². The summed E-state index contributed by atoms with van der Waals surface area (Å²) in [6.45, 7) is 8.03. The van der Waals surface area contributed by atoms with Gasteiger partial charge >= 0.3 is 5.69 Å². The highest BCUT2D eigenvalue weighted by Gasteiger charge is 2.17. The van der Waals surface area contributed by atoms with Crippen LogP contribution in [0.2, 0.25) is 0 Å². The molecule has 0 spiro atoms. The number of aromatic amines is 1. The van der Waals surface area contributed by atoms with Crippen LogP contribution in [0.15, 0.2) is 22.1 Å². The predicted molar refractivity (Wildman–Crippen MR) is 103 cm³/mol. The number of aliphatic hydroxyl groups excluding tert-OH is 1. The second-order valence-corrected chi connectivity index (χ2v) is 7.43. The van der Waals surface area contributed by atoms with Gasteiger partial charge in [-0.15, -0.1) is 0 Å². The molecular weight excluding hydrogens is 334 g/mol. The highest BCUT2D eigenvalue weighted by atomic mass is 16.3. The summed E-state index contributed by atoms with van der Waals surface area (Å²) in [5.74, 6) is 0.0756. The van der Waals surface area contributed by atoms with Crippen molar-refractivity contribution in [2.45, 2.75) is 45.3 Å². The molecule has 0 saturated carbocycles. The standard InChI is InChI=1S/C17H29N7O2/c1-17(2,3)13-7-11-9-24(16(26)23-14(11)22-13)10-12(25)8-20-5-4-6-21-15(18)19/h7,9,12,20,25H,4-6,8,10H2,1-3H3,(H4,18,19,21)(H,22,23,26). The maximum absolute atomic E-state index is 12.2. The molecule has 2 aromatic heterocycles. The Morgan fingerprint density at radius 2 is 2.19 bits per heavy atom. The van der Waals surface area contributed by atoms with Gasteiger partial charge in [0.1, 0.15) is 5.65 Å². The molecule has 144 valence electrons. The van der Waals surface area contributed by atoms with E-state index in [1.807, 2.05) is 6.07 Å². The molecular formula is C17H29N7O2. The minimum Gasteiger partial charge on any atom is -0.390 e. The molecule has 1 atom stereocenters. The van der Waals surface area contributed by atoms with Gasteiger partial charge in [0.2, 0.25) is 0 Å². The number of nitrogens with one attached hydrogen (secondary N) is 2. The second-order valence-electron chi connectivity index (χ2n) is 7.43. The summed E-state index contributed by atoms with van der Waals surface area (Å²) in [6, 6.07) is 1.99. The number of guanidine groups is 1. The normalized spacial score (nSPS) is 13.1. The molecule has 2 aromatic rings. The van der Waals surface area contributed by atoms with E-state index >= 15 is 0 Å². The molecule has 2 heterocycles. The van der Waals surface area contributed by atoms with Gasteiger partial charge in [-0.05, 0) is 19.0 Å². The van der Waals surface area contributed by atoms with Crippen LogP contribution in [0.25, 0.3) is 11.0 Å². The Morgan fingerprint density at radius 3 is 2.85 bits per heavy atom. The molecule has 0 amide bonds. The van der Waals surface area contributed by atoms with Crippen LogP contribution in [0.3, 0.4) is 0 Å². The van der Waals surface area contributed by atoms with Crippen molar-refractivity contribution in [1.29, 1.82) is 0 Å². The number of H-pyrrole nitrogens is 1. The van der Waals surface area contributed by atoms with Crippen molar-refractivity contribution in [1.82, 2.24) is 19.9 Å². The third-order valence-corrected chi connectivity index (χ3v) is 3.98. The Morgan fingerprint density at radius 1 is 1.46 bits per heavy atom. The molecule has 9 heteroatoms. The molecule has 0 fully saturated rings. The number of nitrogens with two attached hydrogens (primary N) is 2. The molecule has 26 heavy (non-hydrogen) atoms. The minimum absolute atomic E-state index is 0.0589. The van der Waals surface area contributed by atoms with E-state index in [0.29, 0.717) is 25.3 Å². The van der Waals surface area contributed by atoms with Crippen LogP contribution in [-0.2, 0) is 12.0 Å². The summed E-state index contributed by atoms with van der Waals surface area (Å²) in [4.78, 5) is 23.3. The van der Waals surface area contributed by atoms with Crippen molar-refractivity contribution in [3.63, 3.8) is 0 Å². The summed E-state index contributed by atoms with van der Waals surface area (Å²) >= 11 is 0. The predicted octanol–water partition coefficient (Wildman–Crippen LogP) is -0.364.